The number of benzene rings is 1. The molecule has 1 aromatic rings. The largest absolute Gasteiger partial charge is 0.338 e. The molecule has 1 aromatic carbocycles. The van der Waals surface area contributed by atoms with Crippen LogP contribution in [0.2, 0.25) is 5.02 Å². The van der Waals surface area contributed by atoms with Crippen molar-refractivity contribution in [3.05, 3.63) is 34.9 Å². The first-order valence-electron chi connectivity index (χ1n) is 6.62. The van der Waals surface area contributed by atoms with Crippen molar-refractivity contribution >= 4 is 17.5 Å². The fourth-order valence-electron chi connectivity index (χ4n) is 2.85. The van der Waals surface area contributed by atoms with Crippen LogP contribution in [0.1, 0.15) is 43.0 Å². The molecule has 1 saturated carbocycles. The average molecular weight is 266 g/mol. The zero-order valence-corrected chi connectivity index (χ0v) is 11.8. The molecule has 0 heterocycles. The molecule has 18 heavy (non-hydrogen) atoms. The van der Waals surface area contributed by atoms with Gasteiger partial charge in [-0.25, -0.2) is 0 Å². The van der Waals surface area contributed by atoms with Crippen LogP contribution in [-0.2, 0) is 0 Å². The van der Waals surface area contributed by atoms with Gasteiger partial charge in [0.25, 0.3) is 5.91 Å². The lowest BCUT2D eigenvalue weighted by molar-refractivity contribution is 0.0629. The van der Waals surface area contributed by atoms with Gasteiger partial charge < -0.3 is 4.90 Å². The number of carbonyl (C=O) groups excluding carboxylic acids is 1. The van der Waals surface area contributed by atoms with Crippen molar-refractivity contribution in [2.24, 2.45) is 5.92 Å². The van der Waals surface area contributed by atoms with E-state index in [9.17, 15) is 4.79 Å². The highest BCUT2D eigenvalue weighted by atomic mass is 35.5. The van der Waals surface area contributed by atoms with E-state index < -0.39 is 0 Å². The van der Waals surface area contributed by atoms with Gasteiger partial charge in [-0.1, -0.05) is 37.4 Å². The number of amides is 1. The van der Waals surface area contributed by atoms with E-state index in [0.29, 0.717) is 22.5 Å². The molecule has 0 saturated heterocycles. The lowest BCUT2D eigenvalue weighted by Gasteiger charge is -2.36. The molecule has 2 nitrogen and oxygen atoms in total. The predicted molar refractivity (Wildman–Crippen MR) is 75.0 cm³/mol. The maximum absolute atomic E-state index is 12.4. The number of hydrogen-bond donors (Lipinski definition) is 0. The van der Waals surface area contributed by atoms with E-state index >= 15 is 0 Å². The van der Waals surface area contributed by atoms with Crippen LogP contribution in [0, 0.1) is 5.92 Å². The third-order valence-electron chi connectivity index (χ3n) is 3.96. The SMILES string of the molecule is CC1CCCCC1N(C)C(=O)c1cccc(Cl)c1. The summed E-state index contributed by atoms with van der Waals surface area (Å²) in [6, 6.07) is 7.56. The number of halogens is 1. The Kier molecular flexibility index (Phi) is 4.28. The third-order valence-corrected chi connectivity index (χ3v) is 4.19. The topological polar surface area (TPSA) is 20.3 Å². The molecule has 0 aliphatic heterocycles. The van der Waals surface area contributed by atoms with Crippen LogP contribution < -0.4 is 0 Å². The molecule has 2 atom stereocenters. The van der Waals surface area contributed by atoms with Crippen LogP contribution >= 0.6 is 11.6 Å². The smallest absolute Gasteiger partial charge is 0.253 e. The number of carbonyl (C=O) groups is 1. The summed E-state index contributed by atoms with van der Waals surface area (Å²) in [5.41, 5.74) is 0.683. The zero-order valence-electron chi connectivity index (χ0n) is 11.0. The Hall–Kier alpha value is -1.02. The maximum atomic E-state index is 12.4. The maximum Gasteiger partial charge on any atom is 0.253 e. The van der Waals surface area contributed by atoms with Gasteiger partial charge >= 0.3 is 0 Å². The normalized spacial score (nSPS) is 23.7. The van der Waals surface area contributed by atoms with Crippen molar-refractivity contribution in [1.29, 1.82) is 0 Å². The van der Waals surface area contributed by atoms with Gasteiger partial charge in [-0.15, -0.1) is 0 Å². The monoisotopic (exact) mass is 265 g/mol. The molecule has 2 unspecified atom stereocenters. The molecule has 0 spiro atoms. The molecule has 0 N–H and O–H groups in total. The molecule has 0 radical (unpaired) electrons. The molecule has 3 heteroatoms. The van der Waals surface area contributed by atoms with Crippen LogP contribution in [0.3, 0.4) is 0 Å². The van der Waals surface area contributed by atoms with Crippen molar-refractivity contribution in [2.45, 2.75) is 38.6 Å². The lowest BCUT2D eigenvalue weighted by atomic mass is 9.85. The Morgan fingerprint density at radius 1 is 1.33 bits per heavy atom. The highest BCUT2D eigenvalue weighted by Gasteiger charge is 2.28. The fourth-order valence-corrected chi connectivity index (χ4v) is 3.04. The first kappa shape index (κ1) is 13.4. The predicted octanol–water partition coefficient (Wildman–Crippen LogP) is 3.99. The van der Waals surface area contributed by atoms with Gasteiger partial charge in [0.2, 0.25) is 0 Å². The van der Waals surface area contributed by atoms with Gasteiger partial charge in [0, 0.05) is 23.7 Å². The number of nitrogens with zero attached hydrogens (tertiary/aromatic N) is 1. The molecule has 1 aliphatic carbocycles. The van der Waals surface area contributed by atoms with E-state index in [1.165, 1.54) is 19.3 Å². The molecule has 98 valence electrons. The number of hydrogen-bond acceptors (Lipinski definition) is 1. The van der Waals surface area contributed by atoms with Gasteiger partial charge in [-0.3, -0.25) is 4.79 Å². The van der Waals surface area contributed by atoms with Gasteiger partial charge in [-0.05, 0) is 37.0 Å². The molecule has 0 bridgehead atoms. The Balaban J connectivity index is 2.13. The van der Waals surface area contributed by atoms with Crippen LogP contribution in [0.25, 0.3) is 0 Å². The van der Waals surface area contributed by atoms with Crippen LogP contribution in [0.4, 0.5) is 0 Å². The van der Waals surface area contributed by atoms with Gasteiger partial charge in [-0.2, -0.15) is 0 Å². The van der Waals surface area contributed by atoms with E-state index in [1.54, 1.807) is 12.1 Å². The quantitative estimate of drug-likeness (QED) is 0.792. The fraction of sp³-hybridized carbons (Fsp3) is 0.533. The molecule has 2 rings (SSSR count). The van der Waals surface area contributed by atoms with Gasteiger partial charge in [0.1, 0.15) is 0 Å². The number of rotatable bonds is 2. The van der Waals surface area contributed by atoms with E-state index in [4.69, 9.17) is 11.6 Å². The van der Waals surface area contributed by atoms with Crippen LogP contribution in [0.15, 0.2) is 24.3 Å². The summed E-state index contributed by atoms with van der Waals surface area (Å²) in [6.07, 6.45) is 4.85. The standard InChI is InChI=1S/C15H20ClNO/c1-11-6-3-4-9-14(11)17(2)15(18)12-7-5-8-13(16)10-12/h5,7-8,10-11,14H,3-4,6,9H2,1-2H3. The van der Waals surface area contributed by atoms with Gasteiger partial charge in [0.05, 0.1) is 0 Å². The summed E-state index contributed by atoms with van der Waals surface area (Å²) >= 11 is 5.94. The molecular weight excluding hydrogens is 246 g/mol. The van der Waals surface area contributed by atoms with Gasteiger partial charge in [0.15, 0.2) is 0 Å². The molecule has 1 fully saturated rings. The van der Waals surface area contributed by atoms with Crippen molar-refractivity contribution in [1.82, 2.24) is 4.90 Å². The van der Waals surface area contributed by atoms with E-state index in [0.717, 1.165) is 6.42 Å². The molecular formula is C15H20ClNO. The zero-order chi connectivity index (χ0) is 13.1. The van der Waals surface area contributed by atoms with E-state index in [2.05, 4.69) is 6.92 Å². The van der Waals surface area contributed by atoms with Crippen molar-refractivity contribution in [3.63, 3.8) is 0 Å². The summed E-state index contributed by atoms with van der Waals surface area (Å²) in [7, 11) is 1.91. The Bertz CT molecular complexity index is 432. The van der Waals surface area contributed by atoms with E-state index in [1.807, 2.05) is 24.1 Å². The molecule has 1 aliphatic rings. The average Bonchev–Trinajstić information content (AvgIpc) is 2.37. The third kappa shape index (κ3) is 2.86. The van der Waals surface area contributed by atoms with E-state index in [-0.39, 0.29) is 5.91 Å². The first-order valence-corrected chi connectivity index (χ1v) is 7.00. The molecule has 0 aromatic heterocycles. The minimum atomic E-state index is 0.0799. The summed E-state index contributed by atoms with van der Waals surface area (Å²) in [5, 5.41) is 0.617. The first-order chi connectivity index (χ1) is 8.59. The Morgan fingerprint density at radius 3 is 2.72 bits per heavy atom. The Morgan fingerprint density at radius 2 is 2.06 bits per heavy atom. The second kappa shape index (κ2) is 5.75. The minimum Gasteiger partial charge on any atom is -0.338 e. The highest BCUT2D eigenvalue weighted by molar-refractivity contribution is 6.30. The minimum absolute atomic E-state index is 0.0799. The van der Waals surface area contributed by atoms with Crippen molar-refractivity contribution in [3.8, 4) is 0 Å². The second-order valence-corrected chi connectivity index (χ2v) is 5.69. The summed E-state index contributed by atoms with van der Waals surface area (Å²) in [4.78, 5) is 14.3. The highest BCUT2D eigenvalue weighted by Crippen LogP contribution is 2.28. The van der Waals surface area contributed by atoms with Crippen molar-refractivity contribution in [2.75, 3.05) is 7.05 Å². The molecule has 1 amide bonds. The Labute approximate surface area is 114 Å². The lowest BCUT2D eigenvalue weighted by Crippen LogP contribution is -2.42. The van der Waals surface area contributed by atoms with Crippen LogP contribution in [-0.4, -0.2) is 23.9 Å². The summed E-state index contributed by atoms with van der Waals surface area (Å²) in [5.74, 6) is 0.670. The summed E-state index contributed by atoms with van der Waals surface area (Å²) < 4.78 is 0. The van der Waals surface area contributed by atoms with Crippen LogP contribution in [0.5, 0.6) is 0 Å². The second-order valence-electron chi connectivity index (χ2n) is 5.26. The summed E-state index contributed by atoms with van der Waals surface area (Å²) in [6.45, 7) is 2.24. The van der Waals surface area contributed by atoms with Crippen molar-refractivity contribution < 1.29 is 4.79 Å².